The average Bonchev–Trinajstić information content (AvgIpc) is 2.22. The Morgan fingerprint density at radius 2 is 2.38 bits per heavy atom. The van der Waals surface area contributed by atoms with Gasteiger partial charge in [-0.25, -0.2) is 4.39 Å². The smallest absolute Gasteiger partial charge is 0.124 e. The minimum absolute atomic E-state index is 0.182. The summed E-state index contributed by atoms with van der Waals surface area (Å²) in [6, 6.07) is 4.94. The van der Waals surface area contributed by atoms with Gasteiger partial charge in [-0.05, 0) is 17.7 Å². The lowest BCUT2D eigenvalue weighted by Crippen LogP contribution is -2.36. The first-order valence-electron chi connectivity index (χ1n) is 5.43. The summed E-state index contributed by atoms with van der Waals surface area (Å²) in [6.45, 7) is 5.41. The van der Waals surface area contributed by atoms with Gasteiger partial charge in [0, 0.05) is 35.1 Å². The first-order chi connectivity index (χ1) is 7.65. The zero-order chi connectivity index (χ0) is 11.5. The Labute approximate surface area is 109 Å². The van der Waals surface area contributed by atoms with Crippen LogP contribution in [0.4, 0.5) is 4.39 Å². The van der Waals surface area contributed by atoms with Crippen molar-refractivity contribution in [3.05, 3.63) is 34.1 Å². The molecule has 0 aliphatic carbocycles. The number of halogens is 2. The van der Waals surface area contributed by atoms with Gasteiger partial charge < -0.3 is 0 Å². The molecule has 0 bridgehead atoms. The van der Waals surface area contributed by atoms with Crippen molar-refractivity contribution in [3.63, 3.8) is 0 Å². The molecule has 1 aliphatic rings. The van der Waals surface area contributed by atoms with Gasteiger partial charge in [-0.3, -0.25) is 4.90 Å². The number of nitrogens with zero attached hydrogens (tertiary/aromatic N) is 1. The molecule has 2 rings (SSSR count). The molecule has 1 fully saturated rings. The quantitative estimate of drug-likeness (QED) is 0.822. The van der Waals surface area contributed by atoms with Gasteiger partial charge in [0.25, 0.3) is 0 Å². The van der Waals surface area contributed by atoms with E-state index in [0.29, 0.717) is 5.25 Å². The largest absolute Gasteiger partial charge is 0.297 e. The molecule has 0 spiro atoms. The lowest BCUT2D eigenvalue weighted by molar-refractivity contribution is 0.278. The highest BCUT2D eigenvalue weighted by Crippen LogP contribution is 2.23. The summed E-state index contributed by atoms with van der Waals surface area (Å²) in [6.07, 6.45) is 0. The highest BCUT2D eigenvalue weighted by Gasteiger charge is 2.17. The monoisotopic (exact) mass is 303 g/mol. The van der Waals surface area contributed by atoms with E-state index >= 15 is 0 Å². The SMILES string of the molecule is CC1CN(Cc2ccc(F)cc2Br)CCS1. The molecule has 4 heteroatoms. The molecular weight excluding hydrogens is 289 g/mol. The van der Waals surface area contributed by atoms with Crippen molar-refractivity contribution < 1.29 is 4.39 Å². The third-order valence-electron chi connectivity index (χ3n) is 2.73. The average molecular weight is 304 g/mol. The van der Waals surface area contributed by atoms with Crippen molar-refractivity contribution in [1.29, 1.82) is 0 Å². The van der Waals surface area contributed by atoms with Crippen LogP contribution < -0.4 is 0 Å². The van der Waals surface area contributed by atoms with E-state index in [9.17, 15) is 4.39 Å². The summed E-state index contributed by atoms with van der Waals surface area (Å²) in [5, 5.41) is 0.702. The molecule has 1 nitrogen and oxygen atoms in total. The van der Waals surface area contributed by atoms with Gasteiger partial charge in [0.05, 0.1) is 0 Å². The van der Waals surface area contributed by atoms with Crippen molar-refractivity contribution in [1.82, 2.24) is 4.90 Å². The molecule has 0 aromatic heterocycles. The van der Waals surface area contributed by atoms with Crippen LogP contribution in [0.15, 0.2) is 22.7 Å². The normalized spacial score (nSPS) is 22.3. The van der Waals surface area contributed by atoms with Crippen LogP contribution in [0.2, 0.25) is 0 Å². The minimum Gasteiger partial charge on any atom is -0.297 e. The lowest BCUT2D eigenvalue weighted by Gasteiger charge is -2.30. The van der Waals surface area contributed by atoms with E-state index < -0.39 is 0 Å². The van der Waals surface area contributed by atoms with Gasteiger partial charge in [-0.1, -0.05) is 28.9 Å². The summed E-state index contributed by atoms with van der Waals surface area (Å²) in [4.78, 5) is 2.43. The van der Waals surface area contributed by atoms with Crippen LogP contribution in [0.3, 0.4) is 0 Å². The van der Waals surface area contributed by atoms with Crippen LogP contribution in [-0.4, -0.2) is 29.0 Å². The fraction of sp³-hybridized carbons (Fsp3) is 0.500. The molecule has 1 aromatic rings. The first-order valence-corrected chi connectivity index (χ1v) is 7.27. The van der Waals surface area contributed by atoms with Crippen molar-refractivity contribution in [2.45, 2.75) is 18.7 Å². The highest BCUT2D eigenvalue weighted by molar-refractivity contribution is 9.10. The molecule has 1 heterocycles. The van der Waals surface area contributed by atoms with Crippen LogP contribution in [0, 0.1) is 5.82 Å². The maximum absolute atomic E-state index is 12.9. The van der Waals surface area contributed by atoms with Gasteiger partial charge >= 0.3 is 0 Å². The molecule has 0 radical (unpaired) electrons. The Bertz CT molecular complexity index is 372. The molecule has 1 aromatic carbocycles. The molecule has 0 N–H and O–H groups in total. The first kappa shape index (κ1) is 12.4. The molecular formula is C12H15BrFNS. The topological polar surface area (TPSA) is 3.24 Å². The Balaban J connectivity index is 2.02. The Morgan fingerprint density at radius 1 is 1.56 bits per heavy atom. The van der Waals surface area contributed by atoms with E-state index in [1.165, 1.54) is 23.4 Å². The van der Waals surface area contributed by atoms with Crippen molar-refractivity contribution in [2.75, 3.05) is 18.8 Å². The van der Waals surface area contributed by atoms with Crippen LogP contribution >= 0.6 is 27.7 Å². The molecule has 1 saturated heterocycles. The zero-order valence-corrected chi connectivity index (χ0v) is 11.7. The van der Waals surface area contributed by atoms with Crippen LogP contribution in [-0.2, 0) is 6.54 Å². The second-order valence-corrected chi connectivity index (χ2v) is 6.55. The van der Waals surface area contributed by atoms with Gasteiger partial charge in [0.15, 0.2) is 0 Å². The molecule has 1 aliphatic heterocycles. The summed E-state index contributed by atoms with van der Waals surface area (Å²) in [7, 11) is 0. The van der Waals surface area contributed by atoms with E-state index in [1.807, 2.05) is 17.8 Å². The van der Waals surface area contributed by atoms with Crippen LogP contribution in [0.5, 0.6) is 0 Å². The number of rotatable bonds is 2. The standard InChI is InChI=1S/C12H15BrFNS/c1-9-7-15(4-5-16-9)8-10-2-3-11(14)6-12(10)13/h2-3,6,9H,4-5,7-8H2,1H3. The minimum atomic E-state index is -0.182. The fourth-order valence-corrected chi connectivity index (χ4v) is 3.48. The molecule has 0 saturated carbocycles. The summed E-state index contributed by atoms with van der Waals surface area (Å²) < 4.78 is 13.8. The molecule has 16 heavy (non-hydrogen) atoms. The lowest BCUT2D eigenvalue weighted by atomic mass is 10.2. The van der Waals surface area contributed by atoms with Gasteiger partial charge in [0.2, 0.25) is 0 Å². The molecule has 0 amide bonds. The number of hydrogen-bond donors (Lipinski definition) is 0. The molecule has 1 atom stereocenters. The maximum Gasteiger partial charge on any atom is 0.124 e. The van der Waals surface area contributed by atoms with Crippen molar-refractivity contribution in [2.24, 2.45) is 0 Å². The second-order valence-electron chi connectivity index (χ2n) is 4.15. The maximum atomic E-state index is 12.9. The second kappa shape index (κ2) is 5.52. The number of benzene rings is 1. The molecule has 88 valence electrons. The van der Waals surface area contributed by atoms with E-state index in [4.69, 9.17) is 0 Å². The van der Waals surface area contributed by atoms with E-state index in [1.54, 1.807) is 0 Å². The van der Waals surface area contributed by atoms with E-state index in [-0.39, 0.29) is 5.82 Å². The van der Waals surface area contributed by atoms with Crippen LogP contribution in [0.1, 0.15) is 12.5 Å². The van der Waals surface area contributed by atoms with E-state index in [0.717, 1.165) is 24.1 Å². The van der Waals surface area contributed by atoms with Crippen LogP contribution in [0.25, 0.3) is 0 Å². The number of thioether (sulfide) groups is 1. The Hall–Kier alpha value is -0.0600. The third kappa shape index (κ3) is 3.22. The molecule has 1 unspecified atom stereocenters. The van der Waals surface area contributed by atoms with Crippen molar-refractivity contribution >= 4 is 27.7 Å². The predicted octanol–water partition coefficient (Wildman–Crippen LogP) is 3.53. The third-order valence-corrected chi connectivity index (χ3v) is 4.61. The fourth-order valence-electron chi connectivity index (χ4n) is 1.93. The Morgan fingerprint density at radius 3 is 3.06 bits per heavy atom. The van der Waals surface area contributed by atoms with Crippen molar-refractivity contribution in [3.8, 4) is 0 Å². The number of hydrogen-bond acceptors (Lipinski definition) is 2. The summed E-state index contributed by atoms with van der Waals surface area (Å²) in [5.74, 6) is 1.01. The van der Waals surface area contributed by atoms with Gasteiger partial charge in [0.1, 0.15) is 5.82 Å². The van der Waals surface area contributed by atoms with Gasteiger partial charge in [-0.2, -0.15) is 11.8 Å². The zero-order valence-electron chi connectivity index (χ0n) is 9.25. The van der Waals surface area contributed by atoms with Gasteiger partial charge in [-0.15, -0.1) is 0 Å². The summed E-state index contributed by atoms with van der Waals surface area (Å²) in [5.41, 5.74) is 1.17. The predicted molar refractivity (Wildman–Crippen MR) is 71.3 cm³/mol. The highest BCUT2D eigenvalue weighted by atomic mass is 79.9. The Kier molecular flexibility index (Phi) is 4.27. The summed E-state index contributed by atoms with van der Waals surface area (Å²) >= 11 is 5.44. The van der Waals surface area contributed by atoms with E-state index in [2.05, 4.69) is 27.8 Å².